The molecule has 0 atom stereocenters. The van der Waals surface area contributed by atoms with Crippen molar-refractivity contribution in [3.8, 4) is 0 Å². The SMILES string of the molecule is CCNC(=NCc1cccc2cccnc12)N(C)CCOCC1CC1.I. The first kappa shape index (κ1) is 20.9. The average Bonchev–Trinajstić information content (AvgIpc) is 3.46. The minimum Gasteiger partial charge on any atom is -0.379 e. The summed E-state index contributed by atoms with van der Waals surface area (Å²) in [4.78, 5) is 11.4. The van der Waals surface area contributed by atoms with E-state index < -0.39 is 0 Å². The number of rotatable bonds is 8. The highest BCUT2D eigenvalue weighted by atomic mass is 127. The number of likely N-dealkylation sites (N-methyl/N-ethyl adjacent to an activating group) is 1. The summed E-state index contributed by atoms with van der Waals surface area (Å²) in [5.74, 6) is 1.72. The van der Waals surface area contributed by atoms with Crippen LogP contribution < -0.4 is 5.32 Å². The molecular weight excluding hydrogens is 439 g/mol. The molecule has 0 bridgehead atoms. The van der Waals surface area contributed by atoms with Gasteiger partial charge in [-0.2, -0.15) is 0 Å². The molecule has 1 N–H and O–H groups in total. The second-order valence-electron chi connectivity index (χ2n) is 6.60. The third-order valence-corrected chi connectivity index (χ3v) is 4.43. The van der Waals surface area contributed by atoms with Gasteiger partial charge in [0.05, 0.1) is 18.7 Å². The van der Waals surface area contributed by atoms with Crippen molar-refractivity contribution in [3.63, 3.8) is 0 Å². The van der Waals surface area contributed by atoms with Gasteiger partial charge in [0.25, 0.3) is 0 Å². The number of pyridine rings is 1. The molecular formula is C20H29IN4O. The van der Waals surface area contributed by atoms with E-state index in [1.165, 1.54) is 12.8 Å². The molecule has 142 valence electrons. The van der Waals surface area contributed by atoms with Crippen molar-refractivity contribution in [1.29, 1.82) is 0 Å². The summed E-state index contributed by atoms with van der Waals surface area (Å²) in [6.45, 7) is 6.04. The Morgan fingerprint density at radius 2 is 2.12 bits per heavy atom. The number of guanidine groups is 1. The summed E-state index contributed by atoms with van der Waals surface area (Å²) in [6.07, 6.45) is 4.50. The molecule has 5 nitrogen and oxygen atoms in total. The zero-order valence-corrected chi connectivity index (χ0v) is 18.0. The quantitative estimate of drug-likeness (QED) is 0.278. The van der Waals surface area contributed by atoms with Gasteiger partial charge in [-0.15, -0.1) is 24.0 Å². The van der Waals surface area contributed by atoms with Crippen LogP contribution in [0.4, 0.5) is 0 Å². The topological polar surface area (TPSA) is 49.8 Å². The Kier molecular flexibility index (Phi) is 8.58. The number of para-hydroxylation sites is 1. The second-order valence-corrected chi connectivity index (χ2v) is 6.60. The third kappa shape index (κ3) is 6.09. The predicted molar refractivity (Wildman–Crippen MR) is 118 cm³/mol. The lowest BCUT2D eigenvalue weighted by molar-refractivity contribution is 0.115. The van der Waals surface area contributed by atoms with E-state index in [0.29, 0.717) is 6.54 Å². The number of hydrogen-bond donors (Lipinski definition) is 1. The van der Waals surface area contributed by atoms with Crippen molar-refractivity contribution in [2.45, 2.75) is 26.3 Å². The van der Waals surface area contributed by atoms with Crippen molar-refractivity contribution < 1.29 is 4.74 Å². The zero-order valence-electron chi connectivity index (χ0n) is 15.6. The van der Waals surface area contributed by atoms with Crippen LogP contribution in [-0.4, -0.2) is 49.2 Å². The Labute approximate surface area is 173 Å². The molecule has 0 amide bonds. The van der Waals surface area contributed by atoms with Gasteiger partial charge < -0.3 is 15.0 Å². The molecule has 0 spiro atoms. The van der Waals surface area contributed by atoms with Crippen LogP contribution in [0.15, 0.2) is 41.5 Å². The molecule has 6 heteroatoms. The molecule has 1 aromatic carbocycles. The Morgan fingerprint density at radius 3 is 2.88 bits per heavy atom. The van der Waals surface area contributed by atoms with Gasteiger partial charge in [0.2, 0.25) is 0 Å². The fraction of sp³-hybridized carbons (Fsp3) is 0.500. The lowest BCUT2D eigenvalue weighted by Crippen LogP contribution is -2.40. The van der Waals surface area contributed by atoms with Crippen LogP contribution in [0, 0.1) is 5.92 Å². The third-order valence-electron chi connectivity index (χ3n) is 4.43. The molecule has 0 aliphatic heterocycles. The first-order valence-electron chi connectivity index (χ1n) is 9.17. The Morgan fingerprint density at radius 1 is 1.31 bits per heavy atom. The fourth-order valence-electron chi connectivity index (χ4n) is 2.77. The molecule has 0 unspecified atom stereocenters. The number of hydrogen-bond acceptors (Lipinski definition) is 3. The molecule has 1 aromatic heterocycles. The van der Waals surface area contributed by atoms with Crippen molar-refractivity contribution in [1.82, 2.24) is 15.2 Å². The smallest absolute Gasteiger partial charge is 0.194 e. The molecule has 1 fully saturated rings. The van der Waals surface area contributed by atoms with Gasteiger partial charge in [-0.25, -0.2) is 4.99 Å². The molecule has 1 aliphatic rings. The molecule has 1 heterocycles. The summed E-state index contributed by atoms with van der Waals surface area (Å²) >= 11 is 0. The second kappa shape index (κ2) is 10.7. The summed E-state index contributed by atoms with van der Waals surface area (Å²) in [5, 5.41) is 4.52. The van der Waals surface area contributed by atoms with Crippen LogP contribution >= 0.6 is 24.0 Å². The van der Waals surface area contributed by atoms with Crippen LogP contribution in [-0.2, 0) is 11.3 Å². The number of aliphatic imine (C=N–C) groups is 1. The van der Waals surface area contributed by atoms with E-state index in [0.717, 1.165) is 54.6 Å². The van der Waals surface area contributed by atoms with Gasteiger partial charge in [0, 0.05) is 38.3 Å². The van der Waals surface area contributed by atoms with Crippen LogP contribution in [0.2, 0.25) is 0 Å². The predicted octanol–water partition coefficient (Wildman–Crippen LogP) is 3.68. The number of fused-ring (bicyclic) bond motifs is 1. The van der Waals surface area contributed by atoms with Gasteiger partial charge in [-0.05, 0) is 37.3 Å². The maximum absolute atomic E-state index is 5.74. The van der Waals surface area contributed by atoms with Gasteiger partial charge in [0.1, 0.15) is 0 Å². The highest BCUT2D eigenvalue weighted by Gasteiger charge is 2.21. The van der Waals surface area contributed by atoms with Crippen LogP contribution in [0.25, 0.3) is 10.9 Å². The average molecular weight is 468 g/mol. The van der Waals surface area contributed by atoms with Crippen LogP contribution in [0.3, 0.4) is 0 Å². The van der Waals surface area contributed by atoms with E-state index >= 15 is 0 Å². The highest BCUT2D eigenvalue weighted by molar-refractivity contribution is 14.0. The normalized spacial score (nSPS) is 14.2. The van der Waals surface area contributed by atoms with Crippen molar-refractivity contribution in [2.24, 2.45) is 10.9 Å². The molecule has 0 saturated heterocycles. The van der Waals surface area contributed by atoms with E-state index in [4.69, 9.17) is 9.73 Å². The van der Waals surface area contributed by atoms with Crippen LogP contribution in [0.1, 0.15) is 25.3 Å². The number of aromatic nitrogens is 1. The maximum Gasteiger partial charge on any atom is 0.194 e. The van der Waals surface area contributed by atoms with Gasteiger partial charge in [0.15, 0.2) is 5.96 Å². The van der Waals surface area contributed by atoms with E-state index in [2.05, 4.69) is 53.4 Å². The van der Waals surface area contributed by atoms with E-state index in [-0.39, 0.29) is 24.0 Å². The van der Waals surface area contributed by atoms with E-state index in [1.54, 1.807) is 0 Å². The van der Waals surface area contributed by atoms with E-state index in [9.17, 15) is 0 Å². The first-order valence-corrected chi connectivity index (χ1v) is 9.17. The number of benzene rings is 1. The molecule has 0 radical (unpaired) electrons. The number of nitrogens with one attached hydrogen (secondary N) is 1. The monoisotopic (exact) mass is 468 g/mol. The molecule has 26 heavy (non-hydrogen) atoms. The molecule has 2 aromatic rings. The van der Waals surface area contributed by atoms with Crippen molar-refractivity contribution >= 4 is 40.8 Å². The summed E-state index contributed by atoms with van der Waals surface area (Å²) in [6, 6.07) is 10.3. The van der Waals surface area contributed by atoms with Crippen LogP contribution in [0.5, 0.6) is 0 Å². The Balaban J connectivity index is 0.00000243. The maximum atomic E-state index is 5.74. The fourth-order valence-corrected chi connectivity index (χ4v) is 2.77. The summed E-state index contributed by atoms with van der Waals surface area (Å²) in [7, 11) is 2.06. The molecule has 1 aliphatic carbocycles. The first-order chi connectivity index (χ1) is 12.3. The number of ether oxygens (including phenoxy) is 1. The lowest BCUT2D eigenvalue weighted by Gasteiger charge is -2.22. The molecule has 1 saturated carbocycles. The summed E-state index contributed by atoms with van der Waals surface area (Å²) < 4.78 is 5.74. The lowest BCUT2D eigenvalue weighted by atomic mass is 10.1. The zero-order chi connectivity index (χ0) is 17.5. The van der Waals surface area contributed by atoms with Crippen molar-refractivity contribution in [2.75, 3.05) is 33.4 Å². The van der Waals surface area contributed by atoms with Gasteiger partial charge in [-0.1, -0.05) is 24.3 Å². The molecule has 3 rings (SSSR count). The number of nitrogens with zero attached hydrogens (tertiary/aromatic N) is 3. The Bertz CT molecular complexity index is 713. The summed E-state index contributed by atoms with van der Waals surface area (Å²) in [5.41, 5.74) is 2.17. The Hall–Kier alpha value is -1.41. The largest absolute Gasteiger partial charge is 0.379 e. The number of halogens is 1. The standard InChI is InChI=1S/C20H28N4O.HI/c1-3-21-20(24(2)12-13-25-15-16-9-10-16)23-14-18-7-4-6-17-8-5-11-22-19(17)18;/h4-8,11,16H,3,9-10,12-15H2,1-2H3,(H,21,23);1H. The van der Waals surface area contributed by atoms with Gasteiger partial charge in [-0.3, -0.25) is 4.98 Å². The highest BCUT2D eigenvalue weighted by Crippen LogP contribution is 2.28. The minimum absolute atomic E-state index is 0. The minimum atomic E-state index is 0. The van der Waals surface area contributed by atoms with Crippen molar-refractivity contribution in [3.05, 3.63) is 42.1 Å². The van der Waals surface area contributed by atoms with E-state index in [1.807, 2.05) is 12.3 Å². The van der Waals surface area contributed by atoms with Gasteiger partial charge >= 0.3 is 0 Å².